The Hall–Kier alpha value is -1.46. The molecule has 0 heterocycles. The highest BCUT2D eigenvalue weighted by Crippen LogP contribution is 2.21. The lowest BCUT2D eigenvalue weighted by Crippen LogP contribution is -2.36. The lowest BCUT2D eigenvalue weighted by Gasteiger charge is -2.17. The van der Waals surface area contributed by atoms with E-state index in [-0.39, 0.29) is 17.2 Å². The van der Waals surface area contributed by atoms with E-state index in [4.69, 9.17) is 17.0 Å². The Morgan fingerprint density at radius 3 is 2.67 bits per heavy atom. The Bertz CT molecular complexity index is 435. The molecule has 96 valence electrons. The number of amides is 1. The molecule has 2 atom stereocenters. The smallest absolute Gasteiger partial charge is 0.264 e. The molecule has 0 spiro atoms. The predicted octanol–water partition coefficient (Wildman–Crippen LogP) is 1.63. The molecule has 0 saturated heterocycles. The molecule has 1 aromatic carbocycles. The summed E-state index contributed by atoms with van der Waals surface area (Å²) in [6.45, 7) is 0. The van der Waals surface area contributed by atoms with E-state index in [1.165, 1.54) is 0 Å². The second-order valence-electron chi connectivity index (χ2n) is 4.26. The van der Waals surface area contributed by atoms with Gasteiger partial charge in [-0.3, -0.25) is 10.1 Å². The third kappa shape index (κ3) is 3.27. The number of carbonyl (C=O) groups is 1. The van der Waals surface area contributed by atoms with E-state index < -0.39 is 6.10 Å². The molecule has 1 amide bonds. The van der Waals surface area contributed by atoms with Crippen molar-refractivity contribution < 1.29 is 14.6 Å². The van der Waals surface area contributed by atoms with Crippen LogP contribution in [0.15, 0.2) is 30.3 Å². The maximum Gasteiger partial charge on any atom is 0.264 e. The van der Waals surface area contributed by atoms with Gasteiger partial charge in [-0.1, -0.05) is 18.2 Å². The summed E-state index contributed by atoms with van der Waals surface area (Å²) < 4.78 is 5.37. The number of carbonyl (C=O) groups excluding carboxylic acids is 1. The third-order valence-corrected chi connectivity index (χ3v) is 3.13. The van der Waals surface area contributed by atoms with Crippen LogP contribution in [0.5, 0.6) is 0 Å². The molecule has 2 rings (SSSR count). The van der Waals surface area contributed by atoms with Crippen molar-refractivity contribution in [2.45, 2.75) is 31.5 Å². The standard InChI is InChI=1S/C13H15NO3S/c15-10-7-4-8-11(10)17-13(18)14-12(16)9-5-2-1-3-6-9/h1-3,5-6,10-11,15H,4,7-8H2,(H,14,16,18). The number of rotatable bonds is 2. The molecule has 1 aliphatic carbocycles. The maximum absolute atomic E-state index is 11.8. The van der Waals surface area contributed by atoms with Gasteiger partial charge in [0.15, 0.2) is 0 Å². The zero-order valence-corrected chi connectivity index (χ0v) is 10.7. The van der Waals surface area contributed by atoms with Gasteiger partial charge in [-0.2, -0.15) is 0 Å². The Kier molecular flexibility index (Phi) is 4.28. The van der Waals surface area contributed by atoms with Gasteiger partial charge in [0.05, 0.1) is 6.10 Å². The van der Waals surface area contributed by atoms with Crippen LogP contribution in [0, 0.1) is 0 Å². The van der Waals surface area contributed by atoms with Gasteiger partial charge in [0.1, 0.15) is 6.10 Å². The minimum absolute atomic E-state index is 0.0230. The molecule has 0 radical (unpaired) electrons. The van der Waals surface area contributed by atoms with E-state index in [0.717, 1.165) is 19.3 Å². The maximum atomic E-state index is 11.8. The van der Waals surface area contributed by atoms with Gasteiger partial charge in [-0.05, 0) is 43.6 Å². The number of thiocarbonyl (C=S) groups is 1. The van der Waals surface area contributed by atoms with Gasteiger partial charge in [-0.25, -0.2) is 0 Å². The molecule has 0 aliphatic heterocycles. The summed E-state index contributed by atoms with van der Waals surface area (Å²) in [7, 11) is 0. The van der Waals surface area contributed by atoms with E-state index in [2.05, 4.69) is 5.32 Å². The highest BCUT2D eigenvalue weighted by molar-refractivity contribution is 7.80. The first-order valence-electron chi connectivity index (χ1n) is 5.92. The van der Waals surface area contributed by atoms with Crippen molar-refractivity contribution in [3.05, 3.63) is 35.9 Å². The molecule has 1 saturated carbocycles. The van der Waals surface area contributed by atoms with Crippen LogP contribution in [-0.2, 0) is 4.74 Å². The number of nitrogens with one attached hydrogen (secondary N) is 1. The van der Waals surface area contributed by atoms with Gasteiger partial charge in [0, 0.05) is 5.56 Å². The predicted molar refractivity (Wildman–Crippen MR) is 71.2 cm³/mol. The Labute approximate surface area is 111 Å². The topological polar surface area (TPSA) is 58.6 Å². The van der Waals surface area contributed by atoms with Gasteiger partial charge >= 0.3 is 0 Å². The first-order chi connectivity index (χ1) is 8.66. The summed E-state index contributed by atoms with van der Waals surface area (Å²) in [6, 6.07) is 8.78. The molecular weight excluding hydrogens is 250 g/mol. The largest absolute Gasteiger partial charge is 0.465 e. The second kappa shape index (κ2) is 5.93. The van der Waals surface area contributed by atoms with Crippen molar-refractivity contribution in [1.29, 1.82) is 0 Å². The van der Waals surface area contributed by atoms with E-state index in [9.17, 15) is 9.90 Å². The molecule has 5 heteroatoms. The zero-order valence-electron chi connectivity index (χ0n) is 9.83. The first-order valence-corrected chi connectivity index (χ1v) is 6.33. The van der Waals surface area contributed by atoms with Gasteiger partial charge in [-0.15, -0.1) is 0 Å². The van der Waals surface area contributed by atoms with Crippen LogP contribution >= 0.6 is 12.2 Å². The number of hydrogen-bond acceptors (Lipinski definition) is 4. The van der Waals surface area contributed by atoms with Crippen molar-refractivity contribution in [3.8, 4) is 0 Å². The minimum atomic E-state index is -0.489. The average Bonchev–Trinajstić information content (AvgIpc) is 2.76. The van der Waals surface area contributed by atoms with Crippen LogP contribution in [0.2, 0.25) is 0 Å². The van der Waals surface area contributed by atoms with Crippen LogP contribution in [0.4, 0.5) is 0 Å². The van der Waals surface area contributed by atoms with Crippen LogP contribution in [-0.4, -0.2) is 28.4 Å². The molecule has 0 aromatic heterocycles. The number of benzene rings is 1. The van der Waals surface area contributed by atoms with Gasteiger partial charge in [0.2, 0.25) is 0 Å². The molecule has 1 fully saturated rings. The van der Waals surface area contributed by atoms with Crippen LogP contribution in [0.25, 0.3) is 0 Å². The molecule has 4 nitrogen and oxygen atoms in total. The number of aliphatic hydroxyl groups excluding tert-OH is 1. The number of ether oxygens (including phenoxy) is 1. The van der Waals surface area contributed by atoms with Crippen LogP contribution in [0.3, 0.4) is 0 Å². The molecule has 1 aromatic rings. The highest BCUT2D eigenvalue weighted by Gasteiger charge is 2.27. The molecule has 2 unspecified atom stereocenters. The number of aliphatic hydroxyl groups is 1. The normalized spacial score (nSPS) is 22.5. The Morgan fingerprint density at radius 2 is 2.06 bits per heavy atom. The quantitative estimate of drug-likeness (QED) is 0.798. The summed E-state index contributed by atoms with van der Waals surface area (Å²) in [4.78, 5) is 11.8. The molecular formula is C13H15NO3S. The summed E-state index contributed by atoms with van der Waals surface area (Å²) >= 11 is 4.95. The zero-order chi connectivity index (χ0) is 13.0. The number of hydrogen-bond donors (Lipinski definition) is 2. The second-order valence-corrected chi connectivity index (χ2v) is 4.63. The first kappa shape index (κ1) is 13.0. The fourth-order valence-electron chi connectivity index (χ4n) is 1.97. The van der Waals surface area contributed by atoms with E-state index in [0.29, 0.717) is 5.56 Å². The summed E-state index contributed by atoms with van der Waals surface area (Å²) in [5.41, 5.74) is 0.524. The van der Waals surface area contributed by atoms with Crippen molar-refractivity contribution in [2.24, 2.45) is 0 Å². The molecule has 1 aliphatic rings. The summed E-state index contributed by atoms with van der Waals surface area (Å²) in [5, 5.41) is 12.1. The summed E-state index contributed by atoms with van der Waals surface area (Å²) in [6.07, 6.45) is 1.62. The summed E-state index contributed by atoms with van der Waals surface area (Å²) in [5.74, 6) is -0.298. The van der Waals surface area contributed by atoms with Crippen molar-refractivity contribution in [3.63, 3.8) is 0 Å². The van der Waals surface area contributed by atoms with E-state index in [1.54, 1.807) is 24.3 Å². The average molecular weight is 265 g/mol. The van der Waals surface area contributed by atoms with Crippen molar-refractivity contribution in [2.75, 3.05) is 0 Å². The highest BCUT2D eigenvalue weighted by atomic mass is 32.1. The van der Waals surface area contributed by atoms with Crippen LogP contribution < -0.4 is 5.32 Å². The lowest BCUT2D eigenvalue weighted by atomic mass is 10.2. The van der Waals surface area contributed by atoms with Crippen molar-refractivity contribution >= 4 is 23.3 Å². The monoisotopic (exact) mass is 265 g/mol. The fourth-order valence-corrected chi connectivity index (χ4v) is 2.18. The van der Waals surface area contributed by atoms with E-state index in [1.807, 2.05) is 6.07 Å². The third-order valence-electron chi connectivity index (χ3n) is 2.93. The van der Waals surface area contributed by atoms with E-state index >= 15 is 0 Å². The fraction of sp³-hybridized carbons (Fsp3) is 0.385. The van der Waals surface area contributed by atoms with Gasteiger partial charge < -0.3 is 9.84 Å². The molecule has 0 bridgehead atoms. The lowest BCUT2D eigenvalue weighted by molar-refractivity contribution is 0.0511. The van der Waals surface area contributed by atoms with Crippen LogP contribution in [0.1, 0.15) is 29.6 Å². The van der Waals surface area contributed by atoms with Crippen molar-refractivity contribution in [1.82, 2.24) is 5.32 Å². The molecule has 2 N–H and O–H groups in total. The minimum Gasteiger partial charge on any atom is -0.465 e. The molecule has 18 heavy (non-hydrogen) atoms. The SMILES string of the molecule is O=C(NC(=S)OC1CCCC1O)c1ccccc1. The van der Waals surface area contributed by atoms with Gasteiger partial charge in [0.25, 0.3) is 11.1 Å². The Morgan fingerprint density at radius 1 is 1.33 bits per heavy atom. The Balaban J connectivity index is 1.86.